The van der Waals surface area contributed by atoms with E-state index in [9.17, 15) is 4.79 Å². The lowest BCUT2D eigenvalue weighted by atomic mass is 10.0. The number of carbonyl (C=O) groups excluding carboxylic acids is 1. The van der Waals surface area contributed by atoms with Crippen LogP contribution in [-0.2, 0) is 14.5 Å². The van der Waals surface area contributed by atoms with Crippen molar-refractivity contribution in [2.24, 2.45) is 5.90 Å². The van der Waals surface area contributed by atoms with E-state index in [1.54, 1.807) is 6.92 Å². The van der Waals surface area contributed by atoms with Gasteiger partial charge in [-0.15, -0.1) is 0 Å². The third-order valence-corrected chi connectivity index (χ3v) is 3.04. The molecule has 0 saturated heterocycles. The van der Waals surface area contributed by atoms with Gasteiger partial charge in [0.15, 0.2) is 6.10 Å². The van der Waals surface area contributed by atoms with Gasteiger partial charge in [-0.05, 0) is 18.1 Å². The largest absolute Gasteiger partial charge is 0.451 e. The first-order chi connectivity index (χ1) is 10.2. The van der Waals surface area contributed by atoms with Crippen molar-refractivity contribution in [3.63, 3.8) is 0 Å². The zero-order valence-electron chi connectivity index (χ0n) is 11.7. The van der Waals surface area contributed by atoms with E-state index < -0.39 is 18.1 Å². The lowest BCUT2D eigenvalue weighted by molar-refractivity contribution is -0.154. The molecule has 0 radical (unpaired) electrons. The second-order valence-electron chi connectivity index (χ2n) is 4.60. The van der Waals surface area contributed by atoms with Gasteiger partial charge in [0.1, 0.15) is 6.04 Å². The van der Waals surface area contributed by atoms with Crippen molar-refractivity contribution in [2.45, 2.75) is 19.1 Å². The summed E-state index contributed by atoms with van der Waals surface area (Å²) in [6, 6.07) is 18.5. The summed E-state index contributed by atoms with van der Waals surface area (Å²) < 4.78 is 5.60. The Morgan fingerprint density at radius 1 is 1.00 bits per heavy atom. The summed E-state index contributed by atoms with van der Waals surface area (Å²) in [5.41, 5.74) is 4.16. The fourth-order valence-electron chi connectivity index (χ4n) is 1.95. The molecule has 2 aromatic rings. The van der Waals surface area contributed by atoms with Crippen LogP contribution in [0.2, 0.25) is 0 Å². The Hall–Kier alpha value is -2.21. The number of hydroxylamine groups is 1. The topological polar surface area (TPSA) is 73.6 Å². The predicted octanol–water partition coefficient (Wildman–Crippen LogP) is 2.10. The highest BCUT2D eigenvalue weighted by molar-refractivity contribution is 5.75. The molecule has 0 aliphatic rings. The van der Waals surface area contributed by atoms with Gasteiger partial charge in [0.25, 0.3) is 0 Å². The molecule has 0 fully saturated rings. The monoisotopic (exact) mass is 286 g/mol. The first-order valence-corrected chi connectivity index (χ1v) is 6.64. The minimum Gasteiger partial charge on any atom is -0.451 e. The van der Waals surface area contributed by atoms with Crippen molar-refractivity contribution < 1.29 is 14.5 Å². The van der Waals surface area contributed by atoms with Gasteiger partial charge >= 0.3 is 5.97 Å². The highest BCUT2D eigenvalue weighted by Crippen LogP contribution is 2.26. The quantitative estimate of drug-likeness (QED) is 0.628. The molecule has 0 bridgehead atoms. The van der Waals surface area contributed by atoms with Gasteiger partial charge in [0, 0.05) is 0 Å². The van der Waals surface area contributed by atoms with E-state index in [1.165, 1.54) is 0 Å². The molecule has 0 spiro atoms. The molecule has 21 heavy (non-hydrogen) atoms. The minimum atomic E-state index is -0.662. The summed E-state index contributed by atoms with van der Waals surface area (Å²) in [5, 5.41) is 0. The number of esters is 1. The van der Waals surface area contributed by atoms with E-state index in [2.05, 4.69) is 10.4 Å². The molecule has 110 valence electrons. The molecule has 5 heteroatoms. The standard InChI is InChI=1S/C16H18N2O3/c1-12(18-21-17)16(19)20-15(13-8-4-2-5-9-13)14-10-6-3-7-11-14/h2-12,15,18H,17H2,1H3/t12-/m1/s1. The summed E-state index contributed by atoms with van der Waals surface area (Å²) in [6.45, 7) is 1.61. The van der Waals surface area contributed by atoms with Gasteiger partial charge in [0.2, 0.25) is 0 Å². The molecule has 0 amide bonds. The molecular formula is C16H18N2O3. The third kappa shape index (κ3) is 4.13. The van der Waals surface area contributed by atoms with Crippen LogP contribution in [0.4, 0.5) is 0 Å². The molecule has 2 rings (SSSR count). The molecule has 0 saturated carbocycles. The Balaban J connectivity index is 2.23. The van der Waals surface area contributed by atoms with E-state index >= 15 is 0 Å². The highest BCUT2D eigenvalue weighted by Gasteiger charge is 2.22. The molecular weight excluding hydrogens is 268 g/mol. The van der Waals surface area contributed by atoms with Gasteiger partial charge in [-0.1, -0.05) is 60.7 Å². The van der Waals surface area contributed by atoms with Crippen LogP contribution in [0.5, 0.6) is 0 Å². The first kappa shape index (κ1) is 15.2. The van der Waals surface area contributed by atoms with Crippen molar-refractivity contribution in [3.05, 3.63) is 71.8 Å². The maximum Gasteiger partial charge on any atom is 0.326 e. The molecule has 5 nitrogen and oxygen atoms in total. The Morgan fingerprint density at radius 2 is 1.48 bits per heavy atom. The number of nitrogens with two attached hydrogens (primary N) is 1. The van der Waals surface area contributed by atoms with Gasteiger partial charge in [-0.3, -0.25) is 4.79 Å². The van der Waals surface area contributed by atoms with Gasteiger partial charge in [0.05, 0.1) is 0 Å². The molecule has 0 aromatic heterocycles. The number of hydrogen-bond acceptors (Lipinski definition) is 5. The Labute approximate surface area is 123 Å². The van der Waals surface area contributed by atoms with E-state index in [0.717, 1.165) is 11.1 Å². The average molecular weight is 286 g/mol. The number of hydrogen-bond donors (Lipinski definition) is 2. The van der Waals surface area contributed by atoms with Crippen LogP contribution in [0.1, 0.15) is 24.2 Å². The lowest BCUT2D eigenvalue weighted by Crippen LogP contribution is -2.37. The summed E-state index contributed by atoms with van der Waals surface area (Å²) in [5.74, 6) is 4.46. The van der Waals surface area contributed by atoms with Gasteiger partial charge in [-0.2, -0.15) is 11.4 Å². The maximum absolute atomic E-state index is 12.1. The SMILES string of the molecule is C[C@@H](NON)C(=O)OC(c1ccccc1)c1ccccc1. The van der Waals surface area contributed by atoms with Crippen molar-refractivity contribution in [2.75, 3.05) is 0 Å². The van der Waals surface area contributed by atoms with Crippen LogP contribution >= 0.6 is 0 Å². The van der Waals surface area contributed by atoms with E-state index in [4.69, 9.17) is 10.6 Å². The number of ether oxygens (including phenoxy) is 1. The molecule has 3 N–H and O–H groups in total. The molecule has 1 atom stereocenters. The zero-order chi connectivity index (χ0) is 15.1. The summed E-state index contributed by atoms with van der Waals surface area (Å²) in [7, 11) is 0. The summed E-state index contributed by atoms with van der Waals surface area (Å²) in [4.78, 5) is 16.3. The van der Waals surface area contributed by atoms with E-state index in [1.807, 2.05) is 60.7 Å². The first-order valence-electron chi connectivity index (χ1n) is 6.64. The van der Waals surface area contributed by atoms with Crippen LogP contribution in [0.25, 0.3) is 0 Å². The van der Waals surface area contributed by atoms with Crippen molar-refractivity contribution >= 4 is 5.97 Å². The highest BCUT2D eigenvalue weighted by atomic mass is 16.8. The number of carbonyl (C=O) groups is 1. The van der Waals surface area contributed by atoms with Crippen LogP contribution in [0, 0.1) is 0 Å². The fraction of sp³-hybridized carbons (Fsp3) is 0.188. The average Bonchev–Trinajstić information content (AvgIpc) is 2.54. The zero-order valence-corrected chi connectivity index (χ0v) is 11.7. The number of benzene rings is 2. The lowest BCUT2D eigenvalue weighted by Gasteiger charge is -2.21. The minimum absolute atomic E-state index is 0.446. The molecule has 2 aromatic carbocycles. The van der Waals surface area contributed by atoms with Crippen molar-refractivity contribution in [1.82, 2.24) is 5.48 Å². The van der Waals surface area contributed by atoms with E-state index in [0.29, 0.717) is 0 Å². The van der Waals surface area contributed by atoms with E-state index in [-0.39, 0.29) is 0 Å². The van der Waals surface area contributed by atoms with Crippen LogP contribution in [0.3, 0.4) is 0 Å². The number of rotatable bonds is 6. The molecule has 0 aliphatic heterocycles. The second kappa shape index (κ2) is 7.54. The summed E-state index contributed by atoms with van der Waals surface area (Å²) >= 11 is 0. The molecule has 0 heterocycles. The van der Waals surface area contributed by atoms with Crippen molar-refractivity contribution in [3.8, 4) is 0 Å². The maximum atomic E-state index is 12.1. The van der Waals surface area contributed by atoms with Crippen LogP contribution in [-0.4, -0.2) is 12.0 Å². The predicted molar refractivity (Wildman–Crippen MR) is 78.7 cm³/mol. The Kier molecular flexibility index (Phi) is 5.45. The molecule has 0 aliphatic carbocycles. The van der Waals surface area contributed by atoms with Crippen LogP contribution in [0.15, 0.2) is 60.7 Å². The Morgan fingerprint density at radius 3 is 1.90 bits per heavy atom. The third-order valence-electron chi connectivity index (χ3n) is 3.04. The second-order valence-corrected chi connectivity index (χ2v) is 4.60. The van der Waals surface area contributed by atoms with Gasteiger partial charge < -0.3 is 4.74 Å². The molecule has 0 unspecified atom stereocenters. The van der Waals surface area contributed by atoms with Gasteiger partial charge in [-0.25, -0.2) is 4.94 Å². The smallest absolute Gasteiger partial charge is 0.326 e. The normalized spacial score (nSPS) is 12.1. The van der Waals surface area contributed by atoms with Crippen molar-refractivity contribution in [1.29, 1.82) is 0 Å². The summed E-state index contributed by atoms with van der Waals surface area (Å²) in [6.07, 6.45) is -0.470. The Bertz CT molecular complexity index is 521. The number of nitrogens with one attached hydrogen (secondary N) is 1. The van der Waals surface area contributed by atoms with Crippen LogP contribution < -0.4 is 11.4 Å². The fourth-order valence-corrected chi connectivity index (χ4v) is 1.95.